The van der Waals surface area contributed by atoms with E-state index in [0.29, 0.717) is 5.25 Å². The minimum Gasteiger partial charge on any atom is -0.312 e. The maximum absolute atomic E-state index is 13.9. The van der Waals surface area contributed by atoms with Crippen molar-refractivity contribution in [3.05, 3.63) is 35.1 Å². The molecule has 2 rings (SSSR count). The molecule has 1 aromatic carbocycles. The van der Waals surface area contributed by atoms with Gasteiger partial charge in [0.05, 0.1) is 0 Å². The fourth-order valence-electron chi connectivity index (χ4n) is 2.14. The van der Waals surface area contributed by atoms with Crippen molar-refractivity contribution in [1.29, 1.82) is 0 Å². The van der Waals surface area contributed by atoms with Crippen molar-refractivity contribution in [3.63, 3.8) is 0 Å². The molecule has 1 fully saturated rings. The minimum absolute atomic E-state index is 0.0916. The first-order chi connectivity index (χ1) is 8.22. The molecule has 1 saturated heterocycles. The Kier molecular flexibility index (Phi) is 4.77. The molecule has 0 amide bonds. The topological polar surface area (TPSA) is 12.0 Å². The Balaban J connectivity index is 2.24. The van der Waals surface area contributed by atoms with Gasteiger partial charge in [-0.25, -0.2) is 4.39 Å². The number of aryl methyl sites for hydroxylation is 1. The van der Waals surface area contributed by atoms with Gasteiger partial charge in [-0.2, -0.15) is 23.5 Å². The van der Waals surface area contributed by atoms with Gasteiger partial charge in [-0.05, 0) is 20.0 Å². The van der Waals surface area contributed by atoms with Crippen molar-refractivity contribution in [2.24, 2.45) is 0 Å². The van der Waals surface area contributed by atoms with Crippen LogP contribution < -0.4 is 5.32 Å². The zero-order valence-corrected chi connectivity index (χ0v) is 11.8. The number of hydrogen-bond donors (Lipinski definition) is 1. The summed E-state index contributed by atoms with van der Waals surface area (Å²) in [7, 11) is 1.92. The van der Waals surface area contributed by atoms with Crippen molar-refractivity contribution in [2.75, 3.05) is 24.3 Å². The molecule has 0 aromatic heterocycles. The van der Waals surface area contributed by atoms with E-state index in [1.807, 2.05) is 49.6 Å². The van der Waals surface area contributed by atoms with Crippen molar-refractivity contribution in [3.8, 4) is 0 Å². The van der Waals surface area contributed by atoms with Gasteiger partial charge in [0.25, 0.3) is 0 Å². The van der Waals surface area contributed by atoms with Crippen LogP contribution in [0.2, 0.25) is 0 Å². The molecule has 1 N–H and O–H groups in total. The Morgan fingerprint density at radius 1 is 1.41 bits per heavy atom. The average molecular weight is 271 g/mol. The predicted molar refractivity (Wildman–Crippen MR) is 76.5 cm³/mol. The van der Waals surface area contributed by atoms with E-state index in [1.165, 1.54) is 11.5 Å². The van der Waals surface area contributed by atoms with Gasteiger partial charge < -0.3 is 5.32 Å². The largest absolute Gasteiger partial charge is 0.312 e. The zero-order chi connectivity index (χ0) is 12.3. The molecular weight excluding hydrogens is 253 g/mol. The third kappa shape index (κ3) is 3.18. The molecule has 0 spiro atoms. The van der Waals surface area contributed by atoms with Gasteiger partial charge in [-0.1, -0.05) is 17.7 Å². The van der Waals surface area contributed by atoms with E-state index in [9.17, 15) is 4.39 Å². The molecule has 1 aliphatic heterocycles. The predicted octanol–water partition coefficient (Wildman–Crippen LogP) is 3.24. The summed E-state index contributed by atoms with van der Waals surface area (Å²) in [6, 6.07) is 5.49. The highest BCUT2D eigenvalue weighted by atomic mass is 32.2. The highest BCUT2D eigenvalue weighted by molar-refractivity contribution is 8.06. The second kappa shape index (κ2) is 6.12. The van der Waals surface area contributed by atoms with Crippen LogP contribution in [0.15, 0.2) is 18.2 Å². The third-order valence-corrected chi connectivity index (χ3v) is 5.87. The zero-order valence-electron chi connectivity index (χ0n) is 10.2. The lowest BCUT2D eigenvalue weighted by molar-refractivity contribution is 0.534. The summed E-state index contributed by atoms with van der Waals surface area (Å²) in [5, 5.41) is 3.75. The van der Waals surface area contributed by atoms with Crippen LogP contribution in [-0.4, -0.2) is 29.6 Å². The van der Waals surface area contributed by atoms with Crippen LogP contribution in [0.25, 0.3) is 0 Å². The molecule has 2 unspecified atom stereocenters. The summed E-state index contributed by atoms with van der Waals surface area (Å²) in [5.41, 5.74) is 1.93. The lowest BCUT2D eigenvalue weighted by Gasteiger charge is -2.30. The molecular formula is C13H18FNS2. The Labute approximate surface area is 111 Å². The van der Waals surface area contributed by atoms with Crippen LogP contribution in [0.3, 0.4) is 0 Å². The second-order valence-electron chi connectivity index (χ2n) is 4.28. The first kappa shape index (κ1) is 13.2. The molecule has 1 aliphatic rings. The van der Waals surface area contributed by atoms with Crippen molar-refractivity contribution >= 4 is 23.5 Å². The Bertz CT molecular complexity index is 378. The standard InChI is InChI=1S/C13H18FNS2/c1-9-3-4-11(14)10(7-9)13(15-2)12-8-16-5-6-17-12/h3-4,7,12-13,15H,5-6,8H2,1-2H3. The number of thioether (sulfide) groups is 2. The van der Waals surface area contributed by atoms with Crippen molar-refractivity contribution in [2.45, 2.75) is 18.2 Å². The molecule has 1 heterocycles. The minimum atomic E-state index is -0.0916. The molecule has 0 saturated carbocycles. The van der Waals surface area contributed by atoms with E-state index in [1.54, 1.807) is 6.07 Å². The summed E-state index contributed by atoms with van der Waals surface area (Å²) in [5.74, 6) is 3.39. The maximum Gasteiger partial charge on any atom is 0.128 e. The average Bonchev–Trinajstić information content (AvgIpc) is 2.36. The van der Waals surface area contributed by atoms with Crippen LogP contribution in [0.1, 0.15) is 17.2 Å². The molecule has 2 atom stereocenters. The van der Waals surface area contributed by atoms with Crippen LogP contribution >= 0.6 is 23.5 Å². The number of rotatable bonds is 3. The molecule has 1 nitrogen and oxygen atoms in total. The first-order valence-electron chi connectivity index (χ1n) is 5.85. The molecule has 94 valence electrons. The molecule has 0 bridgehead atoms. The van der Waals surface area contributed by atoms with E-state index in [0.717, 1.165) is 16.9 Å². The number of halogens is 1. The number of hydrogen-bond acceptors (Lipinski definition) is 3. The number of nitrogens with one attached hydrogen (secondary N) is 1. The molecule has 17 heavy (non-hydrogen) atoms. The summed E-state index contributed by atoms with van der Waals surface area (Å²) < 4.78 is 13.9. The highest BCUT2D eigenvalue weighted by Gasteiger charge is 2.26. The van der Waals surface area contributed by atoms with Crippen molar-refractivity contribution in [1.82, 2.24) is 5.32 Å². The van der Waals surface area contributed by atoms with Gasteiger partial charge >= 0.3 is 0 Å². The van der Waals surface area contributed by atoms with Gasteiger partial charge in [0.1, 0.15) is 5.82 Å². The van der Waals surface area contributed by atoms with E-state index >= 15 is 0 Å². The summed E-state index contributed by atoms with van der Waals surface area (Å²) in [6.45, 7) is 2.01. The van der Waals surface area contributed by atoms with E-state index in [4.69, 9.17) is 0 Å². The van der Waals surface area contributed by atoms with E-state index in [2.05, 4.69) is 5.32 Å². The monoisotopic (exact) mass is 271 g/mol. The van der Waals surface area contributed by atoms with Crippen molar-refractivity contribution < 1.29 is 4.39 Å². The Hall–Kier alpha value is -0.190. The molecule has 0 aliphatic carbocycles. The molecule has 1 aromatic rings. The number of benzene rings is 1. The van der Waals surface area contributed by atoms with E-state index < -0.39 is 0 Å². The molecule has 0 radical (unpaired) electrons. The highest BCUT2D eigenvalue weighted by Crippen LogP contribution is 2.34. The summed E-state index contributed by atoms with van der Waals surface area (Å²) >= 11 is 3.92. The fourth-order valence-corrected chi connectivity index (χ4v) is 5.04. The first-order valence-corrected chi connectivity index (χ1v) is 8.05. The van der Waals surface area contributed by atoms with Crippen LogP contribution in [0.5, 0.6) is 0 Å². The summed E-state index contributed by atoms with van der Waals surface area (Å²) in [6.07, 6.45) is 0. The van der Waals surface area contributed by atoms with Gasteiger partial charge in [-0.15, -0.1) is 0 Å². The Morgan fingerprint density at radius 3 is 2.88 bits per heavy atom. The maximum atomic E-state index is 13.9. The smallest absolute Gasteiger partial charge is 0.128 e. The van der Waals surface area contributed by atoms with Gasteiger partial charge in [0.15, 0.2) is 0 Å². The second-order valence-corrected chi connectivity index (χ2v) is 6.77. The quantitative estimate of drug-likeness (QED) is 0.906. The van der Waals surface area contributed by atoms with Crippen LogP contribution in [-0.2, 0) is 0 Å². The van der Waals surface area contributed by atoms with Gasteiger partial charge in [0.2, 0.25) is 0 Å². The fraction of sp³-hybridized carbons (Fsp3) is 0.538. The third-order valence-electron chi connectivity index (χ3n) is 3.01. The van der Waals surface area contributed by atoms with E-state index in [-0.39, 0.29) is 11.9 Å². The summed E-state index contributed by atoms with van der Waals surface area (Å²) in [4.78, 5) is 0. The van der Waals surface area contributed by atoms with Gasteiger partial charge in [0, 0.05) is 34.1 Å². The SMILES string of the molecule is CNC(c1cc(C)ccc1F)C1CSCCS1. The Morgan fingerprint density at radius 2 is 2.24 bits per heavy atom. The lowest BCUT2D eigenvalue weighted by Crippen LogP contribution is -2.32. The normalized spacial score (nSPS) is 22.4. The van der Waals surface area contributed by atoms with Crippen LogP contribution in [0.4, 0.5) is 4.39 Å². The molecule has 4 heteroatoms. The lowest BCUT2D eigenvalue weighted by atomic mass is 10.0. The van der Waals surface area contributed by atoms with Gasteiger partial charge in [-0.3, -0.25) is 0 Å². The van der Waals surface area contributed by atoms with Crippen LogP contribution in [0, 0.1) is 12.7 Å².